The number of ether oxygens (including phenoxy) is 1. The van der Waals surface area contributed by atoms with Crippen LogP contribution >= 0.6 is 0 Å². The number of hydrogen-bond donors (Lipinski definition) is 1. The summed E-state index contributed by atoms with van der Waals surface area (Å²) in [5.74, 6) is -0.259. The highest BCUT2D eigenvalue weighted by Crippen LogP contribution is 2.54. The largest absolute Gasteiger partial charge is 0.465 e. The predicted molar refractivity (Wildman–Crippen MR) is 41.9 cm³/mol. The van der Waals surface area contributed by atoms with Gasteiger partial charge in [-0.05, 0) is 18.8 Å². The SMILES string of the molecule is CCOC(=O)C1(N)CC1(C)C. The topological polar surface area (TPSA) is 52.3 Å². The Morgan fingerprint density at radius 2 is 2.09 bits per heavy atom. The van der Waals surface area contributed by atoms with Crippen LogP contribution in [0, 0.1) is 5.41 Å². The number of carbonyl (C=O) groups is 1. The standard InChI is InChI=1S/C8H15NO2/c1-4-11-6(10)8(9)5-7(8,2)3/h4-5,9H2,1-3H3. The molecule has 0 spiro atoms. The molecule has 64 valence electrons. The summed E-state index contributed by atoms with van der Waals surface area (Å²) < 4.78 is 4.84. The summed E-state index contributed by atoms with van der Waals surface area (Å²) in [7, 11) is 0. The zero-order valence-electron chi connectivity index (χ0n) is 7.31. The number of rotatable bonds is 2. The Bertz CT molecular complexity index is 189. The van der Waals surface area contributed by atoms with E-state index in [2.05, 4.69) is 0 Å². The van der Waals surface area contributed by atoms with Crippen LogP contribution in [-0.4, -0.2) is 18.1 Å². The van der Waals surface area contributed by atoms with E-state index in [1.807, 2.05) is 13.8 Å². The molecule has 2 N–H and O–H groups in total. The molecule has 1 unspecified atom stereocenters. The third-order valence-corrected chi connectivity index (χ3v) is 2.44. The molecule has 0 aliphatic heterocycles. The van der Waals surface area contributed by atoms with Crippen molar-refractivity contribution in [3.05, 3.63) is 0 Å². The first-order valence-electron chi connectivity index (χ1n) is 3.90. The number of carbonyl (C=O) groups excluding carboxylic acids is 1. The van der Waals surface area contributed by atoms with E-state index in [1.54, 1.807) is 6.92 Å². The maximum Gasteiger partial charge on any atom is 0.326 e. The average Bonchev–Trinajstić information content (AvgIpc) is 2.35. The molecular weight excluding hydrogens is 142 g/mol. The lowest BCUT2D eigenvalue weighted by Crippen LogP contribution is -2.39. The average molecular weight is 157 g/mol. The zero-order valence-corrected chi connectivity index (χ0v) is 7.31. The predicted octanol–water partition coefficient (Wildman–Crippen LogP) is 0.677. The molecule has 1 aliphatic carbocycles. The lowest BCUT2D eigenvalue weighted by Gasteiger charge is -2.12. The summed E-state index contributed by atoms with van der Waals surface area (Å²) in [5, 5.41) is 0. The van der Waals surface area contributed by atoms with Crippen LogP contribution in [0.25, 0.3) is 0 Å². The van der Waals surface area contributed by atoms with Crippen LogP contribution in [0.2, 0.25) is 0 Å². The lowest BCUT2D eigenvalue weighted by molar-refractivity contribution is -0.146. The lowest BCUT2D eigenvalue weighted by atomic mass is 10.1. The van der Waals surface area contributed by atoms with E-state index < -0.39 is 5.54 Å². The summed E-state index contributed by atoms with van der Waals surface area (Å²) >= 11 is 0. The summed E-state index contributed by atoms with van der Waals surface area (Å²) in [4.78, 5) is 11.2. The maximum absolute atomic E-state index is 11.2. The molecule has 1 saturated carbocycles. The van der Waals surface area contributed by atoms with Gasteiger partial charge in [-0.15, -0.1) is 0 Å². The van der Waals surface area contributed by atoms with Gasteiger partial charge in [0.25, 0.3) is 0 Å². The summed E-state index contributed by atoms with van der Waals surface area (Å²) in [6.45, 7) is 6.15. The minimum Gasteiger partial charge on any atom is -0.465 e. The second-order valence-electron chi connectivity index (χ2n) is 3.75. The fourth-order valence-electron chi connectivity index (χ4n) is 1.26. The molecule has 3 heteroatoms. The molecule has 0 aromatic carbocycles. The fourth-order valence-corrected chi connectivity index (χ4v) is 1.26. The van der Waals surface area contributed by atoms with E-state index in [-0.39, 0.29) is 11.4 Å². The van der Waals surface area contributed by atoms with Gasteiger partial charge < -0.3 is 10.5 Å². The van der Waals surface area contributed by atoms with Crippen molar-refractivity contribution < 1.29 is 9.53 Å². The monoisotopic (exact) mass is 157 g/mol. The van der Waals surface area contributed by atoms with Crippen LogP contribution in [0.1, 0.15) is 27.2 Å². The van der Waals surface area contributed by atoms with Gasteiger partial charge in [0.15, 0.2) is 0 Å². The molecule has 1 atom stereocenters. The Morgan fingerprint density at radius 3 is 2.36 bits per heavy atom. The fraction of sp³-hybridized carbons (Fsp3) is 0.875. The van der Waals surface area contributed by atoms with E-state index in [9.17, 15) is 4.79 Å². The summed E-state index contributed by atoms with van der Waals surface area (Å²) in [6.07, 6.45) is 0.735. The van der Waals surface area contributed by atoms with Gasteiger partial charge in [-0.1, -0.05) is 13.8 Å². The first kappa shape index (κ1) is 8.53. The van der Waals surface area contributed by atoms with Crippen molar-refractivity contribution >= 4 is 5.97 Å². The maximum atomic E-state index is 11.2. The quantitative estimate of drug-likeness (QED) is 0.599. The minimum absolute atomic E-state index is 0.0702. The van der Waals surface area contributed by atoms with Crippen molar-refractivity contribution in [2.24, 2.45) is 11.1 Å². The van der Waals surface area contributed by atoms with Gasteiger partial charge in [-0.2, -0.15) is 0 Å². The van der Waals surface area contributed by atoms with Gasteiger partial charge in [-0.25, -0.2) is 0 Å². The first-order chi connectivity index (χ1) is 4.94. The first-order valence-corrected chi connectivity index (χ1v) is 3.90. The highest BCUT2D eigenvalue weighted by atomic mass is 16.5. The molecule has 1 fully saturated rings. The molecule has 0 saturated heterocycles. The Morgan fingerprint density at radius 1 is 1.64 bits per heavy atom. The summed E-state index contributed by atoms with van der Waals surface area (Å²) in [6, 6.07) is 0. The van der Waals surface area contributed by atoms with E-state index in [0.29, 0.717) is 6.61 Å². The summed E-state index contributed by atoms with van der Waals surface area (Å²) in [5.41, 5.74) is 5.00. The molecule has 0 amide bonds. The van der Waals surface area contributed by atoms with Gasteiger partial charge >= 0.3 is 5.97 Å². The Hall–Kier alpha value is -0.570. The van der Waals surface area contributed by atoms with Crippen molar-refractivity contribution in [2.45, 2.75) is 32.7 Å². The molecular formula is C8H15NO2. The third kappa shape index (κ3) is 1.13. The molecule has 1 rings (SSSR count). The van der Waals surface area contributed by atoms with Crippen molar-refractivity contribution in [1.82, 2.24) is 0 Å². The number of nitrogens with two attached hydrogens (primary N) is 1. The molecule has 0 aromatic rings. The second-order valence-corrected chi connectivity index (χ2v) is 3.75. The normalized spacial score (nSPS) is 33.1. The van der Waals surface area contributed by atoms with Crippen LogP contribution in [0.4, 0.5) is 0 Å². The smallest absolute Gasteiger partial charge is 0.326 e. The van der Waals surface area contributed by atoms with E-state index >= 15 is 0 Å². The number of esters is 1. The molecule has 0 radical (unpaired) electrons. The van der Waals surface area contributed by atoms with Crippen LogP contribution in [-0.2, 0) is 9.53 Å². The molecule has 1 aliphatic rings. The van der Waals surface area contributed by atoms with E-state index in [4.69, 9.17) is 10.5 Å². The minimum atomic E-state index is -0.705. The van der Waals surface area contributed by atoms with E-state index in [1.165, 1.54) is 0 Å². The van der Waals surface area contributed by atoms with Crippen molar-refractivity contribution in [3.8, 4) is 0 Å². The highest BCUT2D eigenvalue weighted by Gasteiger charge is 2.64. The van der Waals surface area contributed by atoms with E-state index in [0.717, 1.165) is 6.42 Å². The van der Waals surface area contributed by atoms with Crippen LogP contribution in [0.15, 0.2) is 0 Å². The van der Waals surface area contributed by atoms with Crippen molar-refractivity contribution in [1.29, 1.82) is 0 Å². The molecule has 11 heavy (non-hydrogen) atoms. The third-order valence-electron chi connectivity index (χ3n) is 2.44. The molecule has 0 heterocycles. The molecule has 0 bridgehead atoms. The molecule has 0 aromatic heterocycles. The zero-order chi connectivity index (χ0) is 8.70. The van der Waals surface area contributed by atoms with Gasteiger partial charge in [0.2, 0.25) is 0 Å². The van der Waals surface area contributed by atoms with Crippen LogP contribution in [0.5, 0.6) is 0 Å². The Labute approximate surface area is 66.9 Å². The molecule has 3 nitrogen and oxygen atoms in total. The van der Waals surface area contributed by atoms with Crippen LogP contribution in [0.3, 0.4) is 0 Å². The van der Waals surface area contributed by atoms with Gasteiger partial charge in [0.05, 0.1) is 6.61 Å². The van der Waals surface area contributed by atoms with Crippen LogP contribution < -0.4 is 5.73 Å². The second kappa shape index (κ2) is 2.21. The van der Waals surface area contributed by atoms with Gasteiger partial charge in [0.1, 0.15) is 5.54 Å². The number of hydrogen-bond acceptors (Lipinski definition) is 3. The van der Waals surface area contributed by atoms with Crippen molar-refractivity contribution in [2.75, 3.05) is 6.61 Å². The van der Waals surface area contributed by atoms with Gasteiger partial charge in [-0.3, -0.25) is 4.79 Å². The highest BCUT2D eigenvalue weighted by molar-refractivity contribution is 5.85. The van der Waals surface area contributed by atoms with Gasteiger partial charge in [0, 0.05) is 0 Å². The Balaban J connectivity index is 2.57. The van der Waals surface area contributed by atoms with Crippen molar-refractivity contribution in [3.63, 3.8) is 0 Å². The Kier molecular flexibility index (Phi) is 1.71.